The Hall–Kier alpha value is -2.28. The van der Waals surface area contributed by atoms with Crippen molar-refractivity contribution in [3.63, 3.8) is 0 Å². The molecule has 1 aliphatic rings. The number of carboxylic acid groups (broad SMARTS) is 1. The van der Waals surface area contributed by atoms with Gasteiger partial charge in [-0.3, -0.25) is 9.59 Å². The molecule has 150 valence electrons. The second-order valence-electron chi connectivity index (χ2n) is 6.62. The van der Waals surface area contributed by atoms with Crippen molar-refractivity contribution < 1.29 is 28.9 Å². The number of ether oxygens (including phenoxy) is 3. The molecule has 0 aliphatic carbocycles. The lowest BCUT2D eigenvalue weighted by Crippen LogP contribution is -2.42. The number of hydrogen-bond donors (Lipinski definition) is 1. The summed E-state index contributed by atoms with van der Waals surface area (Å²) in [5, 5.41) is 9.37. The van der Waals surface area contributed by atoms with Crippen LogP contribution < -0.4 is 9.47 Å². The molecule has 0 saturated carbocycles. The minimum Gasteiger partial charge on any atom is -0.493 e. The van der Waals surface area contributed by atoms with Gasteiger partial charge in [-0.25, -0.2) is 0 Å². The first-order valence-corrected chi connectivity index (χ1v) is 9.35. The summed E-state index contributed by atoms with van der Waals surface area (Å²) >= 11 is 0. The maximum Gasteiger partial charge on any atom is 0.305 e. The summed E-state index contributed by atoms with van der Waals surface area (Å²) in [5.41, 5.74) is 1.77. The molecule has 1 amide bonds. The molecule has 1 aromatic carbocycles. The molecule has 1 unspecified atom stereocenters. The molecule has 0 bridgehead atoms. The normalized spacial score (nSPS) is 16.0. The second kappa shape index (κ2) is 10.2. The Balaban J connectivity index is 2.20. The minimum atomic E-state index is -0.954. The first kappa shape index (κ1) is 21.0. The number of carbonyl (C=O) groups excluding carboxylic acids is 1. The predicted octanol–water partition coefficient (Wildman–Crippen LogP) is 2.81. The number of rotatable bonds is 10. The molecule has 0 radical (unpaired) electrons. The van der Waals surface area contributed by atoms with Crippen LogP contribution in [0.15, 0.2) is 12.1 Å². The maximum atomic E-state index is 12.7. The third kappa shape index (κ3) is 5.35. The summed E-state index contributed by atoms with van der Waals surface area (Å²) in [7, 11) is 3.10. The highest BCUT2D eigenvalue weighted by Gasteiger charge is 2.33. The Labute approximate surface area is 160 Å². The molecular formula is C20H29NO6. The van der Waals surface area contributed by atoms with E-state index in [1.807, 2.05) is 6.07 Å². The number of amides is 1. The van der Waals surface area contributed by atoms with Gasteiger partial charge in [-0.2, -0.15) is 0 Å². The molecule has 2 rings (SSSR count). The third-order valence-corrected chi connectivity index (χ3v) is 4.81. The number of hydrogen-bond acceptors (Lipinski definition) is 5. The van der Waals surface area contributed by atoms with Gasteiger partial charge >= 0.3 is 5.97 Å². The molecule has 1 aromatic rings. The van der Waals surface area contributed by atoms with Crippen LogP contribution in [0, 0.1) is 0 Å². The first-order chi connectivity index (χ1) is 13.0. The molecule has 7 heteroatoms. The zero-order valence-electron chi connectivity index (χ0n) is 16.3. The highest BCUT2D eigenvalue weighted by atomic mass is 16.5. The van der Waals surface area contributed by atoms with Gasteiger partial charge < -0.3 is 24.2 Å². The average Bonchev–Trinajstić information content (AvgIpc) is 2.66. The third-order valence-electron chi connectivity index (χ3n) is 4.81. The number of carboxylic acids is 1. The lowest BCUT2D eigenvalue weighted by Gasteiger charge is -2.37. The standard InChI is InChI=1S/C20H29NO6/c1-4-5-6-9-27-13-19(22)21-8-7-14-10-17(25-2)18(26-3)11-15(14)16(21)12-20(23)24/h10-11,16H,4-9,12-13H2,1-3H3,(H,23,24). The Morgan fingerprint density at radius 3 is 2.52 bits per heavy atom. The Morgan fingerprint density at radius 2 is 1.89 bits per heavy atom. The van der Waals surface area contributed by atoms with Crippen molar-refractivity contribution >= 4 is 11.9 Å². The van der Waals surface area contributed by atoms with E-state index >= 15 is 0 Å². The topological polar surface area (TPSA) is 85.3 Å². The van der Waals surface area contributed by atoms with Crippen LogP contribution in [-0.4, -0.2) is 55.9 Å². The van der Waals surface area contributed by atoms with Crippen molar-refractivity contribution in [1.82, 2.24) is 4.90 Å². The Kier molecular flexibility index (Phi) is 7.91. The summed E-state index contributed by atoms with van der Waals surface area (Å²) in [6.07, 6.45) is 3.54. The second-order valence-corrected chi connectivity index (χ2v) is 6.62. The van der Waals surface area contributed by atoms with Crippen molar-refractivity contribution in [1.29, 1.82) is 0 Å². The monoisotopic (exact) mass is 379 g/mol. The fraction of sp³-hybridized carbons (Fsp3) is 0.600. The van der Waals surface area contributed by atoms with Crippen molar-refractivity contribution in [3.8, 4) is 11.5 Å². The molecule has 7 nitrogen and oxygen atoms in total. The van der Waals surface area contributed by atoms with Crippen molar-refractivity contribution in [2.24, 2.45) is 0 Å². The number of aliphatic carboxylic acids is 1. The number of nitrogens with zero attached hydrogens (tertiary/aromatic N) is 1. The van der Waals surface area contributed by atoms with Gasteiger partial charge in [0.25, 0.3) is 0 Å². The lowest BCUT2D eigenvalue weighted by molar-refractivity contribution is -0.143. The summed E-state index contributed by atoms with van der Waals surface area (Å²) in [6, 6.07) is 3.10. The van der Waals surface area contributed by atoms with Gasteiger partial charge in [0.1, 0.15) is 6.61 Å². The Morgan fingerprint density at radius 1 is 1.19 bits per heavy atom. The van der Waals surface area contributed by atoms with Gasteiger partial charge in [0.05, 0.1) is 26.7 Å². The van der Waals surface area contributed by atoms with Crippen molar-refractivity contribution in [2.45, 2.75) is 45.1 Å². The average molecular weight is 379 g/mol. The number of unbranched alkanes of at least 4 members (excludes halogenated alkanes) is 2. The van der Waals surface area contributed by atoms with Gasteiger partial charge in [-0.05, 0) is 36.1 Å². The minimum absolute atomic E-state index is 0.0253. The highest BCUT2D eigenvalue weighted by molar-refractivity contribution is 5.79. The fourth-order valence-corrected chi connectivity index (χ4v) is 3.41. The van der Waals surface area contributed by atoms with Crippen LogP contribution in [0.3, 0.4) is 0 Å². The summed E-state index contributed by atoms with van der Waals surface area (Å²) in [5.74, 6) is -0.0106. The van der Waals surface area contributed by atoms with E-state index < -0.39 is 12.0 Å². The van der Waals surface area contributed by atoms with Gasteiger partial charge in [-0.1, -0.05) is 19.8 Å². The van der Waals surface area contributed by atoms with Crippen LogP contribution in [0.5, 0.6) is 11.5 Å². The van der Waals surface area contributed by atoms with E-state index in [1.54, 1.807) is 18.1 Å². The van der Waals surface area contributed by atoms with E-state index in [-0.39, 0.29) is 18.9 Å². The number of fused-ring (bicyclic) bond motifs is 1. The van der Waals surface area contributed by atoms with Gasteiger partial charge in [0.15, 0.2) is 11.5 Å². The van der Waals surface area contributed by atoms with Gasteiger partial charge in [0, 0.05) is 13.2 Å². The predicted molar refractivity (Wildman–Crippen MR) is 100 cm³/mol. The van der Waals surface area contributed by atoms with E-state index in [0.29, 0.717) is 31.1 Å². The zero-order valence-corrected chi connectivity index (χ0v) is 16.3. The van der Waals surface area contributed by atoms with Crippen LogP contribution >= 0.6 is 0 Å². The van der Waals surface area contributed by atoms with Crippen LogP contribution in [0.1, 0.15) is 49.8 Å². The molecule has 27 heavy (non-hydrogen) atoms. The number of methoxy groups -OCH3 is 2. The van der Waals surface area contributed by atoms with E-state index in [2.05, 4.69) is 6.92 Å². The molecule has 0 saturated heterocycles. The van der Waals surface area contributed by atoms with E-state index in [0.717, 1.165) is 30.4 Å². The first-order valence-electron chi connectivity index (χ1n) is 9.35. The molecule has 0 aromatic heterocycles. The van der Waals surface area contributed by atoms with Gasteiger partial charge in [-0.15, -0.1) is 0 Å². The molecule has 1 heterocycles. The summed E-state index contributed by atoms with van der Waals surface area (Å²) in [4.78, 5) is 25.7. The molecule has 1 N–H and O–H groups in total. The van der Waals surface area contributed by atoms with E-state index in [9.17, 15) is 14.7 Å². The maximum absolute atomic E-state index is 12.7. The van der Waals surface area contributed by atoms with Crippen LogP contribution in [0.25, 0.3) is 0 Å². The van der Waals surface area contributed by atoms with E-state index in [4.69, 9.17) is 14.2 Å². The quantitative estimate of drug-likeness (QED) is 0.629. The molecular weight excluding hydrogens is 350 g/mol. The highest BCUT2D eigenvalue weighted by Crippen LogP contribution is 2.39. The fourth-order valence-electron chi connectivity index (χ4n) is 3.41. The van der Waals surface area contributed by atoms with E-state index in [1.165, 1.54) is 7.11 Å². The molecule has 1 aliphatic heterocycles. The SMILES string of the molecule is CCCCCOCC(=O)N1CCc2cc(OC)c(OC)cc2C1CC(=O)O. The molecule has 1 atom stereocenters. The van der Waals surface area contributed by atoms with Crippen LogP contribution in [-0.2, 0) is 20.7 Å². The van der Waals surface area contributed by atoms with Crippen molar-refractivity contribution in [2.75, 3.05) is 34.0 Å². The van der Waals surface area contributed by atoms with Crippen LogP contribution in [0.2, 0.25) is 0 Å². The van der Waals surface area contributed by atoms with Crippen molar-refractivity contribution in [3.05, 3.63) is 23.3 Å². The number of carbonyl (C=O) groups is 2. The van der Waals surface area contributed by atoms with Gasteiger partial charge in [0.2, 0.25) is 5.91 Å². The van der Waals surface area contributed by atoms with Crippen LogP contribution in [0.4, 0.5) is 0 Å². The largest absolute Gasteiger partial charge is 0.493 e. The smallest absolute Gasteiger partial charge is 0.305 e. The molecule has 0 spiro atoms. The molecule has 0 fully saturated rings. The lowest BCUT2D eigenvalue weighted by atomic mass is 9.90. The zero-order chi connectivity index (χ0) is 19.8. The Bertz CT molecular complexity index is 660. The number of benzene rings is 1. The summed E-state index contributed by atoms with van der Waals surface area (Å²) in [6.45, 7) is 3.08. The summed E-state index contributed by atoms with van der Waals surface area (Å²) < 4.78 is 16.2.